The molecule has 1 aliphatic heterocycles. The molecule has 0 bridgehead atoms. The van der Waals surface area contributed by atoms with Gasteiger partial charge in [0.25, 0.3) is 0 Å². The Hall–Kier alpha value is -2.45. The van der Waals surface area contributed by atoms with E-state index >= 15 is 0 Å². The molecule has 164 valence electrons. The fourth-order valence-corrected chi connectivity index (χ4v) is 4.02. The van der Waals surface area contributed by atoms with Crippen molar-refractivity contribution < 1.29 is 27.4 Å². The van der Waals surface area contributed by atoms with Crippen LogP contribution in [0.25, 0.3) is 0 Å². The predicted molar refractivity (Wildman–Crippen MR) is 108 cm³/mol. The Morgan fingerprint density at radius 1 is 0.867 bits per heavy atom. The third-order valence-electron chi connectivity index (χ3n) is 5.33. The fraction of sp³-hybridized carbons (Fsp3) is 0.455. The number of methoxy groups -OCH3 is 3. The summed E-state index contributed by atoms with van der Waals surface area (Å²) >= 11 is 0. The molecule has 1 aliphatic rings. The zero-order valence-corrected chi connectivity index (χ0v) is 17.4. The SMILES string of the molecule is COc1ccc(C(c2ccccc2C(F)(F)F)N2CCCNCC2)c(OC)c1OC. The summed E-state index contributed by atoms with van der Waals surface area (Å²) < 4.78 is 58.2. The van der Waals surface area contributed by atoms with Gasteiger partial charge in [-0.25, -0.2) is 0 Å². The fourth-order valence-electron chi connectivity index (χ4n) is 4.02. The van der Waals surface area contributed by atoms with E-state index in [1.54, 1.807) is 24.3 Å². The second-order valence-electron chi connectivity index (χ2n) is 7.05. The van der Waals surface area contributed by atoms with Crippen LogP contribution in [-0.4, -0.2) is 52.4 Å². The van der Waals surface area contributed by atoms with Crippen molar-refractivity contribution in [3.8, 4) is 17.2 Å². The summed E-state index contributed by atoms with van der Waals surface area (Å²) in [6.07, 6.45) is -3.64. The Morgan fingerprint density at radius 2 is 1.60 bits per heavy atom. The monoisotopic (exact) mass is 424 g/mol. The first kappa shape index (κ1) is 22.2. The topological polar surface area (TPSA) is 43.0 Å². The normalized spacial score (nSPS) is 16.6. The molecule has 0 radical (unpaired) electrons. The van der Waals surface area contributed by atoms with Gasteiger partial charge in [-0.2, -0.15) is 13.2 Å². The molecule has 8 heteroatoms. The van der Waals surface area contributed by atoms with Crippen molar-refractivity contribution >= 4 is 0 Å². The van der Waals surface area contributed by atoms with Gasteiger partial charge in [0.05, 0.1) is 32.9 Å². The van der Waals surface area contributed by atoms with Gasteiger partial charge in [0, 0.05) is 25.2 Å². The largest absolute Gasteiger partial charge is 0.493 e. The molecule has 1 N–H and O–H groups in total. The maximum atomic E-state index is 13.9. The molecular formula is C22H27F3N2O3. The highest BCUT2D eigenvalue weighted by molar-refractivity contribution is 5.58. The van der Waals surface area contributed by atoms with E-state index in [-0.39, 0.29) is 5.56 Å². The van der Waals surface area contributed by atoms with Crippen LogP contribution in [0.5, 0.6) is 17.2 Å². The Balaban J connectivity index is 2.25. The average molecular weight is 424 g/mol. The number of rotatable bonds is 6. The molecule has 1 unspecified atom stereocenters. The molecule has 0 amide bonds. The van der Waals surface area contributed by atoms with E-state index in [9.17, 15) is 13.2 Å². The van der Waals surface area contributed by atoms with E-state index in [2.05, 4.69) is 10.2 Å². The molecule has 0 saturated carbocycles. The average Bonchev–Trinajstić information content (AvgIpc) is 3.02. The summed E-state index contributed by atoms with van der Waals surface area (Å²) in [6.45, 7) is 2.78. The van der Waals surface area contributed by atoms with Gasteiger partial charge in [0.1, 0.15) is 0 Å². The number of ether oxygens (including phenoxy) is 3. The summed E-state index contributed by atoms with van der Waals surface area (Å²) in [7, 11) is 4.48. The molecule has 1 heterocycles. The number of alkyl halides is 3. The lowest BCUT2D eigenvalue weighted by Crippen LogP contribution is -2.34. The van der Waals surface area contributed by atoms with E-state index in [1.165, 1.54) is 27.4 Å². The predicted octanol–water partition coefficient (Wildman–Crippen LogP) is 4.12. The summed E-state index contributed by atoms with van der Waals surface area (Å²) in [5.41, 5.74) is 0.148. The number of halogens is 3. The second kappa shape index (κ2) is 9.57. The lowest BCUT2D eigenvalue weighted by molar-refractivity contribution is -0.138. The van der Waals surface area contributed by atoms with Crippen LogP contribution in [0.1, 0.15) is 29.2 Å². The molecule has 1 saturated heterocycles. The molecule has 2 aromatic rings. The molecule has 2 aromatic carbocycles. The van der Waals surface area contributed by atoms with Gasteiger partial charge in [0.2, 0.25) is 5.75 Å². The first-order valence-electron chi connectivity index (χ1n) is 9.82. The smallest absolute Gasteiger partial charge is 0.416 e. The molecule has 0 aromatic heterocycles. The van der Waals surface area contributed by atoms with Crippen molar-refractivity contribution in [3.05, 3.63) is 53.1 Å². The van der Waals surface area contributed by atoms with Crippen LogP contribution in [0.3, 0.4) is 0 Å². The quantitative estimate of drug-likeness (QED) is 0.756. The van der Waals surface area contributed by atoms with Crippen molar-refractivity contribution in [1.29, 1.82) is 0 Å². The third-order valence-corrected chi connectivity index (χ3v) is 5.33. The first-order chi connectivity index (χ1) is 14.4. The van der Waals surface area contributed by atoms with Gasteiger partial charge in [-0.15, -0.1) is 0 Å². The molecule has 0 aliphatic carbocycles. The highest BCUT2D eigenvalue weighted by atomic mass is 19.4. The van der Waals surface area contributed by atoms with E-state index in [4.69, 9.17) is 14.2 Å². The Bertz CT molecular complexity index is 850. The Morgan fingerprint density at radius 3 is 2.27 bits per heavy atom. The highest BCUT2D eigenvalue weighted by Crippen LogP contribution is 2.47. The van der Waals surface area contributed by atoms with Crippen molar-refractivity contribution in [2.45, 2.75) is 18.6 Å². The molecule has 5 nitrogen and oxygen atoms in total. The van der Waals surface area contributed by atoms with Gasteiger partial charge < -0.3 is 19.5 Å². The maximum absolute atomic E-state index is 13.9. The minimum absolute atomic E-state index is 0.192. The summed E-state index contributed by atoms with van der Waals surface area (Å²) in [6, 6.07) is 8.54. The zero-order chi connectivity index (χ0) is 21.7. The van der Waals surface area contributed by atoms with Crippen LogP contribution in [0.15, 0.2) is 36.4 Å². The number of nitrogens with one attached hydrogen (secondary N) is 1. The third kappa shape index (κ3) is 4.49. The molecule has 1 atom stereocenters. The summed E-state index contributed by atoms with van der Waals surface area (Å²) in [4.78, 5) is 2.06. The highest BCUT2D eigenvalue weighted by Gasteiger charge is 2.38. The van der Waals surface area contributed by atoms with Gasteiger partial charge in [0.15, 0.2) is 11.5 Å². The standard InChI is InChI=1S/C22H27F3N2O3/c1-28-18-10-9-16(20(29-2)21(18)30-3)19(27-13-6-11-26-12-14-27)15-7-4-5-8-17(15)22(23,24)25/h4-5,7-10,19,26H,6,11-14H2,1-3H3. The van der Waals surface area contributed by atoms with Crippen LogP contribution >= 0.6 is 0 Å². The molecular weight excluding hydrogens is 397 g/mol. The van der Waals surface area contributed by atoms with Gasteiger partial charge in [-0.1, -0.05) is 18.2 Å². The van der Waals surface area contributed by atoms with Crippen molar-refractivity contribution in [2.24, 2.45) is 0 Å². The second-order valence-corrected chi connectivity index (χ2v) is 7.05. The number of hydrogen-bond acceptors (Lipinski definition) is 5. The van der Waals surface area contributed by atoms with Crippen LogP contribution in [0.2, 0.25) is 0 Å². The Kier molecular flexibility index (Phi) is 7.10. The molecule has 0 spiro atoms. The van der Waals surface area contributed by atoms with Gasteiger partial charge in [-0.05, 0) is 36.7 Å². The van der Waals surface area contributed by atoms with Crippen molar-refractivity contribution in [1.82, 2.24) is 10.2 Å². The summed E-state index contributed by atoms with van der Waals surface area (Å²) in [5.74, 6) is 1.19. The first-order valence-corrected chi connectivity index (χ1v) is 9.82. The van der Waals surface area contributed by atoms with Gasteiger partial charge >= 0.3 is 6.18 Å². The van der Waals surface area contributed by atoms with E-state index in [0.29, 0.717) is 42.4 Å². The maximum Gasteiger partial charge on any atom is 0.416 e. The number of benzene rings is 2. The lowest BCUT2D eigenvalue weighted by atomic mass is 9.91. The molecule has 30 heavy (non-hydrogen) atoms. The van der Waals surface area contributed by atoms with Crippen LogP contribution in [-0.2, 0) is 6.18 Å². The Labute approximate surface area is 174 Å². The molecule has 1 fully saturated rings. The van der Waals surface area contributed by atoms with Gasteiger partial charge in [-0.3, -0.25) is 4.90 Å². The van der Waals surface area contributed by atoms with Crippen LogP contribution in [0, 0.1) is 0 Å². The minimum atomic E-state index is -4.47. The minimum Gasteiger partial charge on any atom is -0.493 e. The zero-order valence-electron chi connectivity index (χ0n) is 17.4. The van der Waals surface area contributed by atoms with E-state index < -0.39 is 17.8 Å². The summed E-state index contributed by atoms with van der Waals surface area (Å²) in [5, 5.41) is 3.31. The van der Waals surface area contributed by atoms with Crippen molar-refractivity contribution in [2.75, 3.05) is 47.5 Å². The van der Waals surface area contributed by atoms with E-state index in [1.807, 2.05) is 0 Å². The number of hydrogen-bond donors (Lipinski definition) is 1. The molecule has 3 rings (SSSR count). The van der Waals surface area contributed by atoms with Crippen molar-refractivity contribution in [3.63, 3.8) is 0 Å². The van der Waals surface area contributed by atoms with Crippen LogP contribution in [0.4, 0.5) is 13.2 Å². The van der Waals surface area contributed by atoms with E-state index in [0.717, 1.165) is 19.0 Å². The number of nitrogens with zero attached hydrogens (tertiary/aromatic N) is 1. The lowest BCUT2D eigenvalue weighted by Gasteiger charge is -2.34. The van der Waals surface area contributed by atoms with Crippen LogP contribution < -0.4 is 19.5 Å².